The van der Waals surface area contributed by atoms with E-state index in [2.05, 4.69) is 39.4 Å². The summed E-state index contributed by atoms with van der Waals surface area (Å²) in [5, 5.41) is 8.19. The molecule has 0 unspecified atom stereocenters. The van der Waals surface area contributed by atoms with Gasteiger partial charge in [-0.05, 0) is 37.1 Å². The van der Waals surface area contributed by atoms with Crippen molar-refractivity contribution in [3.8, 4) is 11.3 Å². The number of rotatable bonds is 2. The normalized spacial score (nSPS) is 10.4. The van der Waals surface area contributed by atoms with Crippen molar-refractivity contribution < 1.29 is 0 Å². The maximum absolute atomic E-state index is 5.75. The molecule has 0 aliphatic rings. The topological polar surface area (TPSA) is 55.0 Å². The number of hydrogen-bond acceptors (Lipinski definition) is 4. The van der Waals surface area contributed by atoms with Gasteiger partial charge < -0.3 is 10.6 Å². The molecule has 1 heterocycles. The summed E-state index contributed by atoms with van der Waals surface area (Å²) in [6, 6.07) is 8.26. The molecule has 2 N–H and O–H groups in total. The van der Waals surface area contributed by atoms with Crippen molar-refractivity contribution in [1.29, 1.82) is 0 Å². The summed E-state index contributed by atoms with van der Waals surface area (Å²) in [6.45, 7) is 3.99. The number of nitrogens with zero attached hydrogens (tertiary/aromatic N) is 3. The van der Waals surface area contributed by atoms with Crippen LogP contribution in [0, 0.1) is 13.8 Å². The molecule has 0 saturated carbocycles. The second-order valence-corrected chi connectivity index (χ2v) is 4.63. The van der Waals surface area contributed by atoms with Gasteiger partial charge in [-0.15, -0.1) is 10.2 Å². The number of hydrogen-bond donors (Lipinski definition) is 1. The third kappa shape index (κ3) is 2.14. The average molecular weight is 242 g/mol. The Morgan fingerprint density at radius 2 is 1.56 bits per heavy atom. The van der Waals surface area contributed by atoms with Gasteiger partial charge >= 0.3 is 0 Å². The Labute approximate surface area is 107 Å². The van der Waals surface area contributed by atoms with E-state index in [4.69, 9.17) is 5.73 Å². The Kier molecular flexibility index (Phi) is 3.19. The first-order valence-corrected chi connectivity index (χ1v) is 5.88. The molecule has 0 atom stereocenters. The summed E-state index contributed by atoms with van der Waals surface area (Å²) in [6.07, 6.45) is 0. The molecule has 1 aromatic heterocycles. The lowest BCUT2D eigenvalue weighted by Gasteiger charge is -2.13. The summed E-state index contributed by atoms with van der Waals surface area (Å²) < 4.78 is 0. The van der Waals surface area contributed by atoms with Crippen LogP contribution in [0.15, 0.2) is 24.3 Å². The highest BCUT2D eigenvalue weighted by atomic mass is 15.1. The van der Waals surface area contributed by atoms with Crippen molar-refractivity contribution >= 4 is 11.5 Å². The molecule has 94 valence electrons. The predicted molar refractivity (Wildman–Crippen MR) is 75.7 cm³/mol. The van der Waals surface area contributed by atoms with E-state index in [0.29, 0.717) is 5.82 Å². The fraction of sp³-hybridized carbons (Fsp3) is 0.286. The van der Waals surface area contributed by atoms with E-state index in [1.165, 1.54) is 0 Å². The highest BCUT2D eigenvalue weighted by Crippen LogP contribution is 2.26. The minimum atomic E-state index is 0.501. The van der Waals surface area contributed by atoms with Crippen molar-refractivity contribution in [3.05, 3.63) is 35.4 Å². The van der Waals surface area contributed by atoms with E-state index in [1.807, 2.05) is 27.9 Å². The minimum Gasteiger partial charge on any atom is -0.382 e. The summed E-state index contributed by atoms with van der Waals surface area (Å²) in [5.74, 6) is 0.501. The highest BCUT2D eigenvalue weighted by molar-refractivity contribution is 5.68. The van der Waals surface area contributed by atoms with Crippen LogP contribution >= 0.6 is 0 Å². The van der Waals surface area contributed by atoms with E-state index in [-0.39, 0.29) is 0 Å². The van der Waals surface area contributed by atoms with E-state index < -0.39 is 0 Å². The quantitative estimate of drug-likeness (QED) is 0.878. The first kappa shape index (κ1) is 12.4. The van der Waals surface area contributed by atoms with Gasteiger partial charge in [0.1, 0.15) is 5.82 Å². The number of anilines is 2. The number of nitrogens with two attached hydrogens (primary N) is 1. The van der Waals surface area contributed by atoms with E-state index >= 15 is 0 Å². The van der Waals surface area contributed by atoms with Crippen molar-refractivity contribution in [1.82, 2.24) is 10.2 Å². The highest BCUT2D eigenvalue weighted by Gasteiger charge is 2.09. The second-order valence-electron chi connectivity index (χ2n) is 4.63. The van der Waals surface area contributed by atoms with Crippen molar-refractivity contribution in [2.24, 2.45) is 0 Å². The molecule has 0 aliphatic carbocycles. The van der Waals surface area contributed by atoms with Gasteiger partial charge in [0, 0.05) is 25.3 Å². The van der Waals surface area contributed by atoms with Gasteiger partial charge in [0.2, 0.25) is 0 Å². The Hall–Kier alpha value is -2.10. The molecule has 0 spiro atoms. The van der Waals surface area contributed by atoms with Crippen molar-refractivity contribution in [3.63, 3.8) is 0 Å². The summed E-state index contributed by atoms with van der Waals surface area (Å²) in [5.41, 5.74) is 11.0. The van der Waals surface area contributed by atoms with Crippen LogP contribution < -0.4 is 10.6 Å². The van der Waals surface area contributed by atoms with Crippen LogP contribution in [0.1, 0.15) is 11.1 Å². The number of benzene rings is 1. The molecule has 4 nitrogen and oxygen atoms in total. The van der Waals surface area contributed by atoms with Crippen LogP contribution in [-0.2, 0) is 0 Å². The van der Waals surface area contributed by atoms with E-state index in [1.54, 1.807) is 0 Å². The summed E-state index contributed by atoms with van der Waals surface area (Å²) in [4.78, 5) is 2.07. The van der Waals surface area contributed by atoms with E-state index in [0.717, 1.165) is 28.1 Å². The lowest BCUT2D eigenvalue weighted by molar-refractivity contribution is 1.01. The first-order chi connectivity index (χ1) is 8.50. The molecule has 18 heavy (non-hydrogen) atoms. The van der Waals surface area contributed by atoms with Gasteiger partial charge in [0.25, 0.3) is 0 Å². The maximum Gasteiger partial charge on any atom is 0.149 e. The van der Waals surface area contributed by atoms with Crippen LogP contribution in [0.4, 0.5) is 11.5 Å². The zero-order valence-electron chi connectivity index (χ0n) is 11.2. The van der Waals surface area contributed by atoms with Crippen LogP contribution in [0.3, 0.4) is 0 Å². The predicted octanol–water partition coefficient (Wildman–Crippen LogP) is 2.41. The number of nitrogen functional groups attached to an aromatic ring is 1. The molecule has 0 fully saturated rings. The molecular weight excluding hydrogens is 224 g/mol. The lowest BCUT2D eigenvalue weighted by Crippen LogP contribution is -2.08. The standard InChI is InChI=1S/C14H18N4/c1-9-10(2)14(15)17-16-13(9)11-5-7-12(8-6-11)18(3)4/h5-8H,1-4H3,(H2,15,17). The molecule has 2 aromatic rings. The SMILES string of the molecule is Cc1c(N)nnc(-c2ccc(N(C)C)cc2)c1C. The van der Waals surface area contributed by atoms with E-state index in [9.17, 15) is 0 Å². The Balaban J connectivity index is 2.46. The van der Waals surface area contributed by atoms with Crippen molar-refractivity contribution in [2.45, 2.75) is 13.8 Å². The second kappa shape index (κ2) is 4.64. The average Bonchev–Trinajstić information content (AvgIpc) is 2.36. The van der Waals surface area contributed by atoms with Gasteiger partial charge in [-0.1, -0.05) is 12.1 Å². The van der Waals surface area contributed by atoms with Gasteiger partial charge in [0.15, 0.2) is 0 Å². The molecule has 0 saturated heterocycles. The third-order valence-corrected chi connectivity index (χ3v) is 3.22. The van der Waals surface area contributed by atoms with Gasteiger partial charge in [0.05, 0.1) is 5.69 Å². The third-order valence-electron chi connectivity index (χ3n) is 3.22. The zero-order valence-corrected chi connectivity index (χ0v) is 11.2. The molecular formula is C14H18N4. The maximum atomic E-state index is 5.75. The van der Waals surface area contributed by atoms with Crippen LogP contribution in [0.5, 0.6) is 0 Å². The lowest BCUT2D eigenvalue weighted by atomic mass is 10.0. The molecule has 0 aliphatic heterocycles. The van der Waals surface area contributed by atoms with Crippen LogP contribution in [-0.4, -0.2) is 24.3 Å². The summed E-state index contributed by atoms with van der Waals surface area (Å²) in [7, 11) is 4.04. The number of aromatic nitrogens is 2. The van der Waals surface area contributed by atoms with Crippen LogP contribution in [0.2, 0.25) is 0 Å². The van der Waals surface area contributed by atoms with Gasteiger partial charge in [-0.2, -0.15) is 0 Å². The zero-order chi connectivity index (χ0) is 13.3. The minimum absolute atomic E-state index is 0.501. The Morgan fingerprint density at radius 3 is 2.11 bits per heavy atom. The molecule has 0 amide bonds. The Morgan fingerprint density at radius 1 is 0.944 bits per heavy atom. The monoisotopic (exact) mass is 242 g/mol. The molecule has 0 bridgehead atoms. The first-order valence-electron chi connectivity index (χ1n) is 5.88. The van der Waals surface area contributed by atoms with Crippen LogP contribution in [0.25, 0.3) is 11.3 Å². The van der Waals surface area contributed by atoms with Gasteiger partial charge in [-0.3, -0.25) is 0 Å². The molecule has 0 radical (unpaired) electrons. The Bertz CT molecular complexity index is 559. The molecule has 4 heteroatoms. The fourth-order valence-corrected chi connectivity index (χ4v) is 1.82. The molecule has 1 aromatic carbocycles. The fourth-order valence-electron chi connectivity index (χ4n) is 1.82. The smallest absolute Gasteiger partial charge is 0.149 e. The summed E-state index contributed by atoms with van der Waals surface area (Å²) >= 11 is 0. The van der Waals surface area contributed by atoms with Gasteiger partial charge in [-0.25, -0.2) is 0 Å². The molecule has 2 rings (SSSR count). The van der Waals surface area contributed by atoms with Crippen molar-refractivity contribution in [2.75, 3.05) is 24.7 Å². The largest absolute Gasteiger partial charge is 0.382 e.